The molecular formula is C8H5F2NO3. The van der Waals surface area contributed by atoms with E-state index < -0.39 is 23.2 Å². The average molecular weight is 201 g/mol. The van der Waals surface area contributed by atoms with Crippen LogP contribution in [0, 0.1) is 11.6 Å². The summed E-state index contributed by atoms with van der Waals surface area (Å²) in [6.45, 7) is 0. The molecule has 1 aromatic carbocycles. The first-order valence-corrected chi connectivity index (χ1v) is 3.49. The molecule has 0 unspecified atom stereocenters. The molecule has 1 aromatic rings. The number of rotatable bonds is 3. The quantitative estimate of drug-likeness (QED) is 0.723. The fourth-order valence-corrected chi connectivity index (χ4v) is 0.943. The molecule has 14 heavy (non-hydrogen) atoms. The number of amides is 1. The van der Waals surface area contributed by atoms with E-state index in [1.54, 1.807) is 0 Å². The first-order valence-electron chi connectivity index (χ1n) is 3.49. The van der Waals surface area contributed by atoms with Gasteiger partial charge in [0.25, 0.3) is 0 Å². The van der Waals surface area contributed by atoms with Crippen molar-refractivity contribution in [3.05, 3.63) is 29.3 Å². The molecule has 0 saturated heterocycles. The fraction of sp³-hybridized carbons (Fsp3) is 0. The number of carbonyl (C=O) groups excluding carboxylic acids is 1. The summed E-state index contributed by atoms with van der Waals surface area (Å²) in [7, 11) is 0. The summed E-state index contributed by atoms with van der Waals surface area (Å²) in [5, 5.41) is 10.5. The van der Waals surface area contributed by atoms with E-state index in [-0.39, 0.29) is 12.1 Å². The molecule has 0 aliphatic rings. The highest BCUT2D eigenvalue weighted by molar-refractivity contribution is 5.96. The van der Waals surface area contributed by atoms with Crippen molar-refractivity contribution >= 4 is 18.1 Å². The minimum atomic E-state index is -1.65. The highest BCUT2D eigenvalue weighted by Gasteiger charge is 2.19. The van der Waals surface area contributed by atoms with Crippen molar-refractivity contribution in [1.82, 2.24) is 0 Å². The van der Waals surface area contributed by atoms with E-state index in [1.807, 2.05) is 5.32 Å². The molecule has 1 rings (SSSR count). The molecule has 0 bridgehead atoms. The average Bonchev–Trinajstić information content (AvgIpc) is 2.11. The van der Waals surface area contributed by atoms with E-state index in [4.69, 9.17) is 5.11 Å². The minimum Gasteiger partial charge on any atom is -0.478 e. The number of carboxylic acids is 1. The Morgan fingerprint density at radius 2 is 2.07 bits per heavy atom. The van der Waals surface area contributed by atoms with Crippen LogP contribution in [0.3, 0.4) is 0 Å². The van der Waals surface area contributed by atoms with Gasteiger partial charge in [-0.3, -0.25) is 4.79 Å². The maximum Gasteiger partial charge on any atom is 0.340 e. The Kier molecular flexibility index (Phi) is 2.76. The zero-order valence-electron chi connectivity index (χ0n) is 6.75. The van der Waals surface area contributed by atoms with Crippen molar-refractivity contribution in [2.24, 2.45) is 0 Å². The Bertz CT molecular complexity index is 392. The minimum absolute atomic E-state index is 0.180. The van der Waals surface area contributed by atoms with Gasteiger partial charge >= 0.3 is 5.97 Å². The lowest BCUT2D eigenvalue weighted by Crippen LogP contribution is -2.08. The number of hydrogen-bond donors (Lipinski definition) is 2. The van der Waals surface area contributed by atoms with E-state index in [9.17, 15) is 18.4 Å². The van der Waals surface area contributed by atoms with Crippen molar-refractivity contribution in [3.8, 4) is 0 Å². The van der Waals surface area contributed by atoms with Gasteiger partial charge in [-0.05, 0) is 12.1 Å². The number of aromatic carboxylic acids is 1. The third-order valence-corrected chi connectivity index (χ3v) is 1.52. The van der Waals surface area contributed by atoms with Crippen LogP contribution >= 0.6 is 0 Å². The van der Waals surface area contributed by atoms with Crippen LogP contribution in [-0.2, 0) is 4.79 Å². The summed E-state index contributed by atoms with van der Waals surface area (Å²) in [6, 6.07) is 1.70. The van der Waals surface area contributed by atoms with Gasteiger partial charge in [0.1, 0.15) is 5.56 Å². The lowest BCUT2D eigenvalue weighted by atomic mass is 10.1. The third-order valence-electron chi connectivity index (χ3n) is 1.52. The number of halogens is 2. The molecule has 4 nitrogen and oxygen atoms in total. The topological polar surface area (TPSA) is 66.4 Å². The van der Waals surface area contributed by atoms with Crippen LogP contribution < -0.4 is 5.32 Å². The van der Waals surface area contributed by atoms with Crippen LogP contribution in [0.2, 0.25) is 0 Å². The van der Waals surface area contributed by atoms with Crippen LogP contribution in [0.5, 0.6) is 0 Å². The van der Waals surface area contributed by atoms with Crippen LogP contribution in [0.25, 0.3) is 0 Å². The summed E-state index contributed by atoms with van der Waals surface area (Å²) in [5.41, 5.74) is -1.18. The summed E-state index contributed by atoms with van der Waals surface area (Å²) in [5.74, 6) is -4.42. The molecule has 6 heteroatoms. The highest BCUT2D eigenvalue weighted by Crippen LogP contribution is 2.20. The molecule has 0 saturated carbocycles. The van der Waals surface area contributed by atoms with E-state index in [2.05, 4.69) is 0 Å². The van der Waals surface area contributed by atoms with E-state index in [0.29, 0.717) is 0 Å². The molecule has 2 N–H and O–H groups in total. The second-order valence-electron chi connectivity index (χ2n) is 2.35. The van der Waals surface area contributed by atoms with Gasteiger partial charge in [0.2, 0.25) is 6.41 Å². The van der Waals surface area contributed by atoms with Gasteiger partial charge in [-0.1, -0.05) is 0 Å². The highest BCUT2D eigenvalue weighted by atomic mass is 19.2. The second kappa shape index (κ2) is 3.82. The predicted octanol–water partition coefficient (Wildman–Crippen LogP) is 1.23. The third kappa shape index (κ3) is 1.68. The number of carbonyl (C=O) groups is 2. The molecule has 0 heterocycles. The molecule has 0 aliphatic carbocycles. The monoisotopic (exact) mass is 201 g/mol. The number of benzene rings is 1. The molecule has 0 aromatic heterocycles. The Labute approximate surface area is 77.2 Å². The molecule has 0 atom stereocenters. The zero-order chi connectivity index (χ0) is 10.7. The van der Waals surface area contributed by atoms with E-state index >= 15 is 0 Å². The maximum atomic E-state index is 12.9. The summed E-state index contributed by atoms with van der Waals surface area (Å²) in [6.07, 6.45) is 0.180. The van der Waals surface area contributed by atoms with E-state index in [0.717, 1.165) is 12.1 Å². The lowest BCUT2D eigenvalue weighted by Gasteiger charge is -2.05. The molecule has 1 amide bonds. The largest absolute Gasteiger partial charge is 0.478 e. The van der Waals surface area contributed by atoms with Crippen LogP contribution in [0.4, 0.5) is 14.5 Å². The lowest BCUT2D eigenvalue weighted by molar-refractivity contribution is -0.105. The molecular weight excluding hydrogens is 196 g/mol. The maximum absolute atomic E-state index is 12.9. The molecule has 0 aliphatic heterocycles. The molecule has 0 spiro atoms. The number of carboxylic acid groups (broad SMARTS) is 1. The second-order valence-corrected chi connectivity index (χ2v) is 2.35. The Hall–Kier alpha value is -1.98. The molecule has 0 radical (unpaired) electrons. The van der Waals surface area contributed by atoms with Gasteiger partial charge in [0, 0.05) is 0 Å². The Morgan fingerprint density at radius 3 is 2.57 bits per heavy atom. The van der Waals surface area contributed by atoms with Gasteiger partial charge in [0.15, 0.2) is 11.6 Å². The first-order chi connectivity index (χ1) is 6.57. The summed E-state index contributed by atoms with van der Waals surface area (Å²) >= 11 is 0. The van der Waals surface area contributed by atoms with Crippen molar-refractivity contribution in [2.75, 3.05) is 5.32 Å². The van der Waals surface area contributed by atoms with Crippen molar-refractivity contribution < 1.29 is 23.5 Å². The van der Waals surface area contributed by atoms with Gasteiger partial charge in [0.05, 0.1) is 5.69 Å². The standard InChI is InChI=1S/C8H5F2NO3/c9-4-1-2-5(11-3-12)6(7(4)10)8(13)14/h1-3H,(H,11,12)(H,13,14). The van der Waals surface area contributed by atoms with Crippen molar-refractivity contribution in [1.29, 1.82) is 0 Å². The summed E-state index contributed by atoms with van der Waals surface area (Å²) in [4.78, 5) is 20.5. The van der Waals surface area contributed by atoms with E-state index in [1.165, 1.54) is 0 Å². The number of anilines is 1. The number of nitrogens with one attached hydrogen (secondary N) is 1. The van der Waals surface area contributed by atoms with Crippen LogP contribution in [0.1, 0.15) is 10.4 Å². The van der Waals surface area contributed by atoms with Gasteiger partial charge in [-0.15, -0.1) is 0 Å². The predicted molar refractivity (Wildman–Crippen MR) is 43.0 cm³/mol. The summed E-state index contributed by atoms with van der Waals surface area (Å²) < 4.78 is 25.5. The van der Waals surface area contributed by atoms with Crippen molar-refractivity contribution in [2.45, 2.75) is 0 Å². The number of hydrogen-bond acceptors (Lipinski definition) is 2. The first kappa shape index (κ1) is 10.1. The fourth-order valence-electron chi connectivity index (χ4n) is 0.943. The van der Waals surface area contributed by atoms with Gasteiger partial charge in [-0.2, -0.15) is 0 Å². The van der Waals surface area contributed by atoms with Crippen molar-refractivity contribution in [3.63, 3.8) is 0 Å². The Morgan fingerprint density at radius 1 is 1.43 bits per heavy atom. The van der Waals surface area contributed by atoms with Crippen LogP contribution in [-0.4, -0.2) is 17.5 Å². The van der Waals surface area contributed by atoms with Gasteiger partial charge < -0.3 is 10.4 Å². The SMILES string of the molecule is O=CNc1ccc(F)c(F)c1C(=O)O. The Balaban J connectivity index is 3.37. The smallest absolute Gasteiger partial charge is 0.340 e. The van der Waals surface area contributed by atoms with Gasteiger partial charge in [-0.25, -0.2) is 13.6 Å². The normalized spacial score (nSPS) is 9.57. The van der Waals surface area contributed by atoms with Crippen LogP contribution in [0.15, 0.2) is 12.1 Å². The zero-order valence-corrected chi connectivity index (χ0v) is 6.75. The molecule has 0 fully saturated rings. The molecule has 74 valence electrons.